The Morgan fingerprint density at radius 1 is 1.79 bits per heavy atom. The number of aryl methyl sites for hydroxylation is 1. The van der Waals surface area contributed by atoms with Crippen LogP contribution in [0.15, 0.2) is 12.8 Å². The number of hydrogen-bond donors (Lipinski definition) is 0. The third-order valence-electron chi connectivity index (χ3n) is 1.84. The van der Waals surface area contributed by atoms with E-state index in [1.54, 1.807) is 11.7 Å². The summed E-state index contributed by atoms with van der Waals surface area (Å²) in [5.41, 5.74) is 1.65. The molecule has 0 aliphatic rings. The molecule has 76 valence electrons. The second-order valence-electron chi connectivity index (χ2n) is 2.76. The van der Waals surface area contributed by atoms with Crippen LogP contribution in [0, 0.1) is 0 Å². The molecular formula is C9H11ClN2O2. The molecule has 5 heteroatoms. The highest BCUT2D eigenvalue weighted by molar-refractivity contribution is 6.23. The number of halogens is 1. The standard InChI is InChI=1S/C9H11ClN2O2/c1-6(4-10)8-7(9(13)14-3)5-11-12(8)2/h5H,1,4H2,2-3H3. The van der Waals surface area contributed by atoms with Crippen LogP contribution in [0.1, 0.15) is 16.1 Å². The lowest BCUT2D eigenvalue weighted by atomic mass is 10.1. The van der Waals surface area contributed by atoms with Crippen molar-refractivity contribution in [1.29, 1.82) is 0 Å². The number of esters is 1. The Bertz CT molecular complexity index is 371. The van der Waals surface area contributed by atoms with Crippen molar-refractivity contribution in [3.63, 3.8) is 0 Å². The highest BCUT2D eigenvalue weighted by atomic mass is 35.5. The molecular weight excluding hydrogens is 204 g/mol. The van der Waals surface area contributed by atoms with Crippen LogP contribution in [0.5, 0.6) is 0 Å². The smallest absolute Gasteiger partial charge is 0.341 e. The molecule has 14 heavy (non-hydrogen) atoms. The molecule has 0 unspecified atom stereocenters. The minimum Gasteiger partial charge on any atom is -0.465 e. The topological polar surface area (TPSA) is 44.1 Å². The normalized spacial score (nSPS) is 9.93. The first-order valence-corrected chi connectivity index (χ1v) is 4.49. The number of carbonyl (C=O) groups is 1. The summed E-state index contributed by atoms with van der Waals surface area (Å²) in [6, 6.07) is 0. The van der Waals surface area contributed by atoms with Gasteiger partial charge in [-0.05, 0) is 5.57 Å². The zero-order valence-electron chi connectivity index (χ0n) is 8.08. The van der Waals surface area contributed by atoms with Crippen LogP contribution >= 0.6 is 11.6 Å². The second-order valence-corrected chi connectivity index (χ2v) is 3.03. The number of hydrogen-bond acceptors (Lipinski definition) is 3. The van der Waals surface area contributed by atoms with Gasteiger partial charge in [0.2, 0.25) is 0 Å². The molecule has 1 rings (SSSR count). The molecule has 0 bridgehead atoms. The van der Waals surface area contributed by atoms with Crippen molar-refractivity contribution in [2.75, 3.05) is 13.0 Å². The Morgan fingerprint density at radius 3 is 2.93 bits per heavy atom. The Balaban J connectivity index is 3.19. The molecule has 0 radical (unpaired) electrons. The van der Waals surface area contributed by atoms with Gasteiger partial charge in [0.25, 0.3) is 0 Å². The fourth-order valence-corrected chi connectivity index (χ4v) is 1.31. The number of ether oxygens (including phenoxy) is 1. The van der Waals surface area contributed by atoms with Gasteiger partial charge in [0, 0.05) is 12.9 Å². The van der Waals surface area contributed by atoms with E-state index >= 15 is 0 Å². The molecule has 1 aromatic rings. The van der Waals surface area contributed by atoms with Gasteiger partial charge in [0.1, 0.15) is 5.56 Å². The molecule has 0 atom stereocenters. The van der Waals surface area contributed by atoms with Gasteiger partial charge in [0.15, 0.2) is 0 Å². The van der Waals surface area contributed by atoms with Crippen molar-refractivity contribution in [2.24, 2.45) is 7.05 Å². The molecule has 0 aliphatic heterocycles. The molecule has 0 saturated heterocycles. The predicted octanol–water partition coefficient (Wildman–Crippen LogP) is 1.46. The maximum absolute atomic E-state index is 11.3. The number of carbonyl (C=O) groups excluding carboxylic acids is 1. The van der Waals surface area contributed by atoms with Crippen LogP contribution in [0.25, 0.3) is 5.57 Å². The average Bonchev–Trinajstić information content (AvgIpc) is 2.58. The van der Waals surface area contributed by atoms with E-state index in [1.807, 2.05) is 0 Å². The van der Waals surface area contributed by atoms with Crippen molar-refractivity contribution in [3.8, 4) is 0 Å². The molecule has 0 N–H and O–H groups in total. The lowest BCUT2D eigenvalue weighted by molar-refractivity contribution is 0.0600. The Kier molecular flexibility index (Phi) is 3.30. The van der Waals surface area contributed by atoms with Crippen molar-refractivity contribution >= 4 is 23.1 Å². The number of aromatic nitrogens is 2. The fraction of sp³-hybridized carbons (Fsp3) is 0.333. The first-order chi connectivity index (χ1) is 6.61. The van der Waals surface area contributed by atoms with Gasteiger partial charge in [-0.1, -0.05) is 6.58 Å². The van der Waals surface area contributed by atoms with Crippen LogP contribution in [-0.2, 0) is 11.8 Å². The molecule has 0 spiro atoms. The van der Waals surface area contributed by atoms with Crippen LogP contribution < -0.4 is 0 Å². The van der Waals surface area contributed by atoms with E-state index in [0.29, 0.717) is 16.8 Å². The van der Waals surface area contributed by atoms with Crippen molar-refractivity contribution in [1.82, 2.24) is 9.78 Å². The summed E-state index contributed by atoms with van der Waals surface area (Å²) in [5, 5.41) is 3.95. The third-order valence-corrected chi connectivity index (χ3v) is 2.16. The fourth-order valence-electron chi connectivity index (χ4n) is 1.18. The Hall–Kier alpha value is -1.29. The lowest BCUT2D eigenvalue weighted by Gasteiger charge is -2.04. The van der Waals surface area contributed by atoms with Crippen molar-refractivity contribution in [3.05, 3.63) is 24.0 Å². The molecule has 1 aromatic heterocycles. The highest BCUT2D eigenvalue weighted by Crippen LogP contribution is 2.18. The zero-order chi connectivity index (χ0) is 10.7. The highest BCUT2D eigenvalue weighted by Gasteiger charge is 2.17. The van der Waals surface area contributed by atoms with Gasteiger partial charge in [-0.25, -0.2) is 4.79 Å². The zero-order valence-corrected chi connectivity index (χ0v) is 8.84. The predicted molar refractivity (Wildman–Crippen MR) is 54.3 cm³/mol. The number of allylic oxidation sites excluding steroid dienone is 1. The molecule has 0 aromatic carbocycles. The van der Waals surface area contributed by atoms with Crippen LogP contribution in [0.3, 0.4) is 0 Å². The minimum absolute atomic E-state index is 0.253. The summed E-state index contributed by atoms with van der Waals surface area (Å²) >= 11 is 5.64. The summed E-state index contributed by atoms with van der Waals surface area (Å²) in [7, 11) is 3.04. The molecule has 0 fully saturated rings. The molecule has 4 nitrogen and oxygen atoms in total. The average molecular weight is 215 g/mol. The largest absolute Gasteiger partial charge is 0.465 e. The number of methoxy groups -OCH3 is 1. The van der Waals surface area contributed by atoms with Crippen molar-refractivity contribution in [2.45, 2.75) is 0 Å². The first kappa shape index (κ1) is 10.8. The molecule has 1 heterocycles. The van der Waals surface area contributed by atoms with Crippen LogP contribution in [0.2, 0.25) is 0 Å². The summed E-state index contributed by atoms with van der Waals surface area (Å²) < 4.78 is 6.16. The van der Waals surface area contributed by atoms with E-state index in [-0.39, 0.29) is 5.88 Å². The molecule has 0 amide bonds. The minimum atomic E-state index is -0.431. The number of alkyl halides is 1. The van der Waals surface area contributed by atoms with E-state index in [4.69, 9.17) is 11.6 Å². The van der Waals surface area contributed by atoms with E-state index in [9.17, 15) is 4.79 Å². The SMILES string of the molecule is C=C(CCl)c1c(C(=O)OC)cnn1C. The van der Waals surface area contributed by atoms with Gasteiger partial charge in [-0.3, -0.25) is 4.68 Å². The summed E-state index contributed by atoms with van der Waals surface area (Å²) in [6.07, 6.45) is 1.44. The maximum Gasteiger partial charge on any atom is 0.341 e. The van der Waals surface area contributed by atoms with Gasteiger partial charge >= 0.3 is 5.97 Å². The number of rotatable bonds is 3. The van der Waals surface area contributed by atoms with E-state index in [2.05, 4.69) is 16.4 Å². The maximum atomic E-state index is 11.3. The Morgan fingerprint density at radius 2 is 2.43 bits per heavy atom. The van der Waals surface area contributed by atoms with Crippen LogP contribution in [-0.4, -0.2) is 28.7 Å². The number of nitrogens with zero attached hydrogens (tertiary/aromatic N) is 2. The van der Waals surface area contributed by atoms with Gasteiger partial charge in [-0.2, -0.15) is 5.10 Å². The lowest BCUT2D eigenvalue weighted by Crippen LogP contribution is -2.06. The van der Waals surface area contributed by atoms with E-state index in [0.717, 1.165) is 0 Å². The van der Waals surface area contributed by atoms with Crippen molar-refractivity contribution < 1.29 is 9.53 Å². The molecule has 0 aliphatic carbocycles. The summed E-state index contributed by atoms with van der Waals surface area (Å²) in [5.74, 6) is -0.178. The van der Waals surface area contributed by atoms with Gasteiger partial charge in [0.05, 0.1) is 19.0 Å². The van der Waals surface area contributed by atoms with Crippen LogP contribution in [0.4, 0.5) is 0 Å². The second kappa shape index (κ2) is 4.28. The van der Waals surface area contributed by atoms with Gasteiger partial charge < -0.3 is 4.74 Å². The molecule has 0 saturated carbocycles. The summed E-state index contributed by atoms with van der Waals surface area (Å²) in [6.45, 7) is 3.75. The quantitative estimate of drug-likeness (QED) is 0.565. The first-order valence-electron chi connectivity index (χ1n) is 3.96. The van der Waals surface area contributed by atoms with E-state index < -0.39 is 5.97 Å². The Labute approximate surface area is 87.1 Å². The third kappa shape index (κ3) is 1.80. The summed E-state index contributed by atoms with van der Waals surface area (Å²) in [4.78, 5) is 11.3. The monoisotopic (exact) mass is 214 g/mol. The van der Waals surface area contributed by atoms with E-state index in [1.165, 1.54) is 13.3 Å². The van der Waals surface area contributed by atoms with Gasteiger partial charge in [-0.15, -0.1) is 11.6 Å².